The first-order valence-electron chi connectivity index (χ1n) is 22.3. The molecule has 4 aromatic heterocycles. The lowest BCUT2D eigenvalue weighted by molar-refractivity contribution is 0.0663. The van der Waals surface area contributed by atoms with Gasteiger partial charge >= 0.3 is 11.4 Å². The quantitative estimate of drug-likeness (QED) is 0.136. The highest BCUT2D eigenvalue weighted by molar-refractivity contribution is 7.61. The number of ether oxygens (including phenoxy) is 1. The Morgan fingerprint density at radius 1 is 0.922 bits per heavy atom. The summed E-state index contributed by atoms with van der Waals surface area (Å²) in [6.45, 7) is 9.32. The van der Waals surface area contributed by atoms with Gasteiger partial charge in [0.25, 0.3) is 5.91 Å². The third-order valence-electron chi connectivity index (χ3n) is 14.0. The molecule has 3 aromatic carbocycles. The van der Waals surface area contributed by atoms with Gasteiger partial charge in [0.1, 0.15) is 22.9 Å². The molecule has 330 valence electrons. The third-order valence-corrected chi connectivity index (χ3v) is 15.1. The van der Waals surface area contributed by atoms with Crippen LogP contribution in [0.3, 0.4) is 0 Å². The van der Waals surface area contributed by atoms with Gasteiger partial charge in [0, 0.05) is 61.2 Å². The van der Waals surface area contributed by atoms with Gasteiger partial charge < -0.3 is 18.8 Å². The van der Waals surface area contributed by atoms with E-state index in [0.29, 0.717) is 84.5 Å². The number of carbonyl (C=O) groups is 1. The second kappa shape index (κ2) is 15.0. The van der Waals surface area contributed by atoms with Crippen molar-refractivity contribution in [2.45, 2.75) is 82.0 Å². The summed E-state index contributed by atoms with van der Waals surface area (Å²) in [6, 6.07) is 20.3. The van der Waals surface area contributed by atoms with Crippen LogP contribution >= 0.6 is 7.14 Å². The maximum atomic E-state index is 15.5. The lowest BCUT2D eigenvalue weighted by atomic mass is 9.91. The standard InChI is InChI=1S/C48H50FN8O6P/c1-28-26-48(28,45-50-46(59)63-52-45)56-40-14-9-33(31-16-21-62-22-17-31)23-34(40)24-41(56)44(58)53-18-15-39-42(29(53)2)43(57(51-39)36-12-13-38(49)37(25-36)32-7-8-32)55-20-19-54(47(55)60)35-10-5-30(6-11-35)27-64(3,4)61/h5-6,9-14,19-20,23-25,28-29,31-32H,7-8,15-18,21-22,26-27H2,1-4H3,(H,50,52,59). The fourth-order valence-electron chi connectivity index (χ4n) is 10.5. The number of nitrogens with zero attached hydrogens (tertiary/aromatic N) is 7. The van der Waals surface area contributed by atoms with E-state index >= 15 is 9.18 Å². The summed E-state index contributed by atoms with van der Waals surface area (Å²) in [5.74, 6) is 0.222. The fourth-order valence-corrected chi connectivity index (χ4v) is 11.6. The van der Waals surface area contributed by atoms with Gasteiger partial charge in [-0.2, -0.15) is 5.10 Å². The number of imidazole rings is 1. The average Bonchev–Trinajstić information content (AvgIpc) is 3.99. The Balaban J connectivity index is 1.03. The van der Waals surface area contributed by atoms with Crippen LogP contribution in [0.4, 0.5) is 4.39 Å². The lowest BCUT2D eigenvalue weighted by Gasteiger charge is -2.34. The van der Waals surface area contributed by atoms with E-state index in [1.807, 2.05) is 48.2 Å². The molecule has 4 aliphatic rings. The first kappa shape index (κ1) is 40.7. The molecule has 6 heterocycles. The molecule has 2 saturated carbocycles. The molecule has 2 aliphatic carbocycles. The van der Waals surface area contributed by atoms with Crippen LogP contribution in [0, 0.1) is 11.7 Å². The number of halogens is 1. The number of rotatable bonds is 10. The average molecular weight is 885 g/mol. The zero-order valence-electron chi connectivity index (χ0n) is 36.3. The number of benzene rings is 3. The van der Waals surface area contributed by atoms with E-state index in [9.17, 15) is 14.2 Å². The van der Waals surface area contributed by atoms with Gasteiger partial charge in [-0.3, -0.25) is 23.4 Å². The van der Waals surface area contributed by atoms with E-state index in [1.54, 1.807) is 45.6 Å². The smallest absolute Gasteiger partial charge is 0.381 e. The summed E-state index contributed by atoms with van der Waals surface area (Å²) in [4.78, 5) is 47.2. The number of nitrogens with one attached hydrogen (secondary N) is 1. The van der Waals surface area contributed by atoms with Crippen molar-refractivity contribution in [1.29, 1.82) is 0 Å². The number of hydrogen-bond acceptors (Lipinski definition) is 8. The molecule has 2 aliphatic heterocycles. The van der Waals surface area contributed by atoms with Gasteiger partial charge in [-0.15, -0.1) is 0 Å². The van der Waals surface area contributed by atoms with E-state index < -0.39 is 24.5 Å². The van der Waals surface area contributed by atoms with Crippen molar-refractivity contribution in [2.75, 3.05) is 33.1 Å². The Kier molecular flexibility index (Phi) is 9.55. The Morgan fingerprint density at radius 3 is 2.34 bits per heavy atom. The third kappa shape index (κ3) is 6.77. The number of aromatic nitrogens is 7. The highest BCUT2D eigenvalue weighted by atomic mass is 31.2. The van der Waals surface area contributed by atoms with E-state index in [4.69, 9.17) is 14.4 Å². The summed E-state index contributed by atoms with van der Waals surface area (Å²) >= 11 is 0. The second-order valence-corrected chi connectivity index (χ2v) is 22.2. The molecule has 7 aromatic rings. The molecule has 0 bridgehead atoms. The first-order chi connectivity index (χ1) is 30.8. The topological polar surface area (TPSA) is 155 Å². The Morgan fingerprint density at radius 2 is 1.66 bits per heavy atom. The minimum absolute atomic E-state index is 0.0316. The molecule has 3 atom stereocenters. The van der Waals surface area contributed by atoms with Gasteiger partial charge in [0.15, 0.2) is 5.82 Å². The second-order valence-electron chi connectivity index (χ2n) is 18.8. The normalized spacial score (nSPS) is 21.4. The van der Waals surface area contributed by atoms with E-state index in [1.165, 1.54) is 11.6 Å². The molecule has 3 fully saturated rings. The molecule has 1 amide bonds. The Hall–Kier alpha value is -6.05. The number of carbonyl (C=O) groups excluding carboxylic acids is 1. The zero-order chi connectivity index (χ0) is 44.2. The molecule has 64 heavy (non-hydrogen) atoms. The molecular weight excluding hydrogens is 835 g/mol. The lowest BCUT2D eigenvalue weighted by Crippen LogP contribution is -2.41. The highest BCUT2D eigenvalue weighted by Crippen LogP contribution is 2.56. The Bertz CT molecular complexity index is 3160. The zero-order valence-corrected chi connectivity index (χ0v) is 37.2. The van der Waals surface area contributed by atoms with Gasteiger partial charge in [0.2, 0.25) is 0 Å². The molecule has 1 N–H and O–H groups in total. The number of H-pyrrole nitrogens is 1. The summed E-state index contributed by atoms with van der Waals surface area (Å²) in [6.07, 6.45) is 8.58. The monoisotopic (exact) mass is 884 g/mol. The number of hydrogen-bond donors (Lipinski definition) is 1. The number of amides is 1. The predicted octanol–water partition coefficient (Wildman–Crippen LogP) is 8.02. The van der Waals surface area contributed by atoms with Crippen LogP contribution in [-0.2, 0) is 27.4 Å². The van der Waals surface area contributed by atoms with Gasteiger partial charge in [-0.05, 0) is 135 Å². The highest BCUT2D eigenvalue weighted by Gasteiger charge is 2.59. The summed E-state index contributed by atoms with van der Waals surface area (Å²) in [5.41, 5.74) is 5.61. The molecule has 1 saturated heterocycles. The minimum Gasteiger partial charge on any atom is -0.381 e. The molecular formula is C48H50FN8O6P. The summed E-state index contributed by atoms with van der Waals surface area (Å²) in [5, 5.41) is 10.2. The largest absolute Gasteiger partial charge is 0.438 e. The van der Waals surface area contributed by atoms with E-state index in [0.717, 1.165) is 47.8 Å². The van der Waals surface area contributed by atoms with Crippen molar-refractivity contribution in [3.63, 3.8) is 0 Å². The fraction of sp³-hybridized carbons (Fsp3) is 0.396. The van der Waals surface area contributed by atoms with Crippen molar-refractivity contribution in [1.82, 2.24) is 38.5 Å². The molecule has 0 spiro atoms. The predicted molar refractivity (Wildman–Crippen MR) is 239 cm³/mol. The van der Waals surface area contributed by atoms with E-state index in [-0.39, 0.29) is 29.2 Å². The molecule has 0 radical (unpaired) electrons. The van der Waals surface area contributed by atoms with Crippen LogP contribution in [0.25, 0.3) is 28.1 Å². The number of fused-ring (bicyclic) bond motifs is 2. The van der Waals surface area contributed by atoms with Crippen LogP contribution < -0.4 is 11.4 Å². The van der Waals surface area contributed by atoms with Crippen LogP contribution in [-0.4, -0.2) is 77.5 Å². The van der Waals surface area contributed by atoms with Crippen LogP contribution in [0.1, 0.15) is 108 Å². The molecule has 14 nitrogen and oxygen atoms in total. The summed E-state index contributed by atoms with van der Waals surface area (Å²) < 4.78 is 45.4. The van der Waals surface area contributed by atoms with Gasteiger partial charge in [0.05, 0.1) is 30.3 Å². The van der Waals surface area contributed by atoms with Crippen molar-refractivity contribution >= 4 is 24.0 Å². The van der Waals surface area contributed by atoms with E-state index in [2.05, 4.69) is 39.8 Å². The van der Waals surface area contributed by atoms with Crippen LogP contribution in [0.5, 0.6) is 0 Å². The van der Waals surface area contributed by atoms with Crippen LogP contribution in [0.15, 0.2) is 93.2 Å². The minimum atomic E-state index is -2.30. The SMILES string of the molecule is CC1c2c(nn(-c3ccc(F)c(C4CC4)c3)c2-n2ccn(-c3ccc(CP(C)(C)=O)cc3)c2=O)CCN1C(=O)c1cc2cc(C3CCOCC3)ccc2n1C1(c2noc(=O)[nH]2)CC1C. The van der Waals surface area contributed by atoms with Crippen molar-refractivity contribution < 1.29 is 23.0 Å². The molecule has 3 unspecified atom stereocenters. The molecule has 16 heteroatoms. The molecule has 11 rings (SSSR count). The Labute approximate surface area is 368 Å². The first-order valence-corrected chi connectivity index (χ1v) is 25.0. The maximum Gasteiger partial charge on any atom is 0.438 e. The van der Waals surface area contributed by atoms with Crippen LogP contribution in [0.2, 0.25) is 0 Å². The van der Waals surface area contributed by atoms with Crippen molar-refractivity contribution in [2.24, 2.45) is 5.92 Å². The van der Waals surface area contributed by atoms with Gasteiger partial charge in [-0.25, -0.2) is 18.7 Å². The maximum absolute atomic E-state index is 15.5. The van der Waals surface area contributed by atoms with Gasteiger partial charge in [-0.1, -0.05) is 30.3 Å². The van der Waals surface area contributed by atoms with Crippen molar-refractivity contribution in [3.8, 4) is 17.2 Å². The number of aromatic amines is 1. The van der Waals surface area contributed by atoms with Crippen molar-refractivity contribution in [3.05, 3.63) is 145 Å². The summed E-state index contributed by atoms with van der Waals surface area (Å²) in [7, 11) is -2.30.